The fourth-order valence-corrected chi connectivity index (χ4v) is 1.81. The van der Waals surface area contributed by atoms with Gasteiger partial charge in [-0.05, 0) is 41.8 Å². The molecule has 0 amide bonds. The van der Waals surface area contributed by atoms with Crippen molar-refractivity contribution in [3.8, 4) is 5.75 Å². The van der Waals surface area contributed by atoms with Gasteiger partial charge in [-0.3, -0.25) is 0 Å². The Kier molecular flexibility index (Phi) is 2.44. The van der Waals surface area contributed by atoms with Crippen molar-refractivity contribution in [2.45, 2.75) is 19.8 Å². The van der Waals surface area contributed by atoms with Gasteiger partial charge in [-0.25, -0.2) is 0 Å². The predicted octanol–water partition coefficient (Wildman–Crippen LogP) is 3.37. The lowest BCUT2D eigenvalue weighted by molar-refractivity contribution is -0.116. The fourth-order valence-electron chi connectivity index (χ4n) is 1.81. The highest BCUT2D eigenvalue weighted by atomic mass is 16.5. The van der Waals surface area contributed by atoms with Crippen molar-refractivity contribution >= 4 is 16.6 Å². The molecular formula is C15H16O2. The minimum atomic E-state index is -2.44. The minimum absolute atomic E-state index is 0.173. The molecule has 0 unspecified atom stereocenters. The highest BCUT2D eigenvalue weighted by molar-refractivity contribution is 5.84. The average Bonchev–Trinajstić information content (AvgIpc) is 2.34. The van der Waals surface area contributed by atoms with E-state index in [0.717, 1.165) is 22.8 Å². The zero-order valence-electron chi connectivity index (χ0n) is 12.7. The molecule has 2 aromatic carbocycles. The van der Waals surface area contributed by atoms with Crippen LogP contribution in [0.4, 0.5) is 0 Å². The molecule has 0 aliphatic rings. The monoisotopic (exact) mass is 232 g/mol. The lowest BCUT2D eigenvalue weighted by Crippen LogP contribution is -1.93. The van der Waals surface area contributed by atoms with Crippen molar-refractivity contribution in [1.29, 1.82) is 0 Å². The summed E-state index contributed by atoms with van der Waals surface area (Å²) in [5, 5.41) is 1.92. The molecule has 0 aliphatic carbocycles. The molecule has 0 aliphatic heterocycles. The number of aryl methyl sites for hydroxylation is 1. The smallest absolute Gasteiger partial charge is 0.130 e. The summed E-state index contributed by atoms with van der Waals surface area (Å²) in [5.41, 5.74) is 1.09. The summed E-state index contributed by atoms with van der Waals surface area (Å²) in [5.74, 6) is 0.500. The van der Waals surface area contributed by atoms with Crippen LogP contribution in [0.3, 0.4) is 0 Å². The first-order valence-corrected chi connectivity index (χ1v) is 5.55. The highest BCUT2D eigenvalue weighted by Gasteiger charge is 2.00. The number of fused-ring (bicyclic) bond motifs is 1. The van der Waals surface area contributed by atoms with Gasteiger partial charge in [0.1, 0.15) is 11.5 Å². The molecule has 0 fully saturated rings. The molecule has 0 aromatic heterocycles. The molecule has 0 atom stereocenters. The zero-order valence-corrected chi connectivity index (χ0v) is 9.69. The Bertz CT molecular complexity index is 633. The number of carbonyl (C=O) groups is 1. The van der Waals surface area contributed by atoms with Crippen molar-refractivity contribution in [1.82, 2.24) is 0 Å². The molecule has 0 heterocycles. The number of hydrogen-bond acceptors (Lipinski definition) is 2. The Balaban J connectivity index is 2.23. The molecule has 2 nitrogen and oxygen atoms in total. The molecule has 88 valence electrons. The maximum Gasteiger partial charge on any atom is 0.130 e. The molecule has 0 saturated carbocycles. The van der Waals surface area contributed by atoms with Gasteiger partial charge in [0.15, 0.2) is 0 Å². The van der Waals surface area contributed by atoms with Crippen molar-refractivity contribution < 1.29 is 13.6 Å². The second-order valence-electron chi connectivity index (χ2n) is 4.15. The Labute approximate surface area is 105 Å². The number of methoxy groups -OCH3 is 1. The third-order valence-corrected chi connectivity index (χ3v) is 2.76. The molecular weight excluding hydrogens is 213 g/mol. The number of hydrogen-bond donors (Lipinski definition) is 0. The number of ketones is 1. The summed E-state index contributed by atoms with van der Waals surface area (Å²) in [4.78, 5) is 11.0. The van der Waals surface area contributed by atoms with Crippen molar-refractivity contribution in [2.24, 2.45) is 0 Å². The van der Waals surface area contributed by atoms with E-state index in [4.69, 9.17) is 8.85 Å². The Morgan fingerprint density at radius 3 is 2.76 bits per heavy atom. The van der Waals surface area contributed by atoms with Crippen LogP contribution in [0.25, 0.3) is 10.8 Å². The lowest BCUT2D eigenvalue weighted by Gasteiger charge is -2.05. The van der Waals surface area contributed by atoms with Gasteiger partial charge < -0.3 is 9.53 Å². The van der Waals surface area contributed by atoms with Crippen LogP contribution in [0, 0.1) is 0 Å². The Morgan fingerprint density at radius 2 is 2.00 bits per heavy atom. The summed E-state index contributed by atoms with van der Waals surface area (Å²) >= 11 is 0. The van der Waals surface area contributed by atoms with E-state index in [1.165, 1.54) is 0 Å². The van der Waals surface area contributed by atoms with Crippen LogP contribution in [0.15, 0.2) is 36.4 Å². The number of benzene rings is 2. The third-order valence-electron chi connectivity index (χ3n) is 2.76. The van der Waals surface area contributed by atoms with Gasteiger partial charge in [-0.1, -0.05) is 24.3 Å². The SMILES string of the molecule is [2H][13C]([2H])([2H])Oc1ccc2cc(CCC(C)=O)ccc2c1. The number of carbonyl (C=O) groups excluding carboxylic acids is 1. The van der Waals surface area contributed by atoms with Gasteiger partial charge in [0.05, 0.1) is 11.2 Å². The number of rotatable bonds is 4. The van der Waals surface area contributed by atoms with Crippen LogP contribution in [0.2, 0.25) is 0 Å². The first-order valence-electron chi connectivity index (χ1n) is 7.05. The van der Waals surface area contributed by atoms with Crippen LogP contribution in [-0.4, -0.2) is 12.8 Å². The van der Waals surface area contributed by atoms with E-state index in [9.17, 15) is 4.79 Å². The maximum absolute atomic E-state index is 11.0. The number of ether oxygens (including phenoxy) is 1. The largest absolute Gasteiger partial charge is 0.497 e. The highest BCUT2D eigenvalue weighted by Crippen LogP contribution is 2.22. The molecule has 2 heteroatoms. The van der Waals surface area contributed by atoms with Gasteiger partial charge in [0, 0.05) is 6.42 Å². The van der Waals surface area contributed by atoms with Gasteiger partial charge in [-0.2, -0.15) is 0 Å². The molecule has 0 spiro atoms. The van der Waals surface area contributed by atoms with Crippen LogP contribution < -0.4 is 4.74 Å². The van der Waals surface area contributed by atoms with Crippen LogP contribution in [-0.2, 0) is 11.2 Å². The summed E-state index contributed by atoms with van der Waals surface area (Å²) in [6, 6.07) is 11.0. The summed E-state index contributed by atoms with van der Waals surface area (Å²) in [7, 11) is -2.44. The van der Waals surface area contributed by atoms with E-state index in [2.05, 4.69) is 0 Å². The lowest BCUT2D eigenvalue weighted by atomic mass is 10.0. The second-order valence-corrected chi connectivity index (χ2v) is 4.15. The van der Waals surface area contributed by atoms with E-state index < -0.39 is 7.04 Å². The van der Waals surface area contributed by atoms with Gasteiger partial charge >= 0.3 is 0 Å². The molecule has 0 bridgehead atoms. The van der Waals surface area contributed by atoms with E-state index >= 15 is 0 Å². The first-order chi connectivity index (χ1) is 9.33. The molecule has 0 radical (unpaired) electrons. The zero-order chi connectivity index (χ0) is 14.8. The normalized spacial score (nSPS) is 13.8. The average molecular weight is 232 g/mol. The molecule has 0 N–H and O–H groups in total. The van der Waals surface area contributed by atoms with Crippen molar-refractivity contribution in [2.75, 3.05) is 7.04 Å². The van der Waals surface area contributed by atoms with Crippen LogP contribution in [0.1, 0.15) is 23.0 Å². The third kappa shape index (κ3) is 2.84. The minimum Gasteiger partial charge on any atom is -0.497 e. The van der Waals surface area contributed by atoms with E-state index in [-0.39, 0.29) is 5.78 Å². The van der Waals surface area contributed by atoms with Crippen LogP contribution in [0.5, 0.6) is 5.75 Å². The topological polar surface area (TPSA) is 26.3 Å². The standard InChI is InChI=1S/C15H16O2/c1-11(16)3-4-12-5-6-14-10-15(17-2)8-7-13(14)9-12/h5-10H,3-4H2,1-2H3/i2+1D3. The summed E-state index contributed by atoms with van der Waals surface area (Å²) in [6.45, 7) is 1.58. The molecule has 17 heavy (non-hydrogen) atoms. The van der Waals surface area contributed by atoms with E-state index in [1.807, 2.05) is 24.3 Å². The number of Topliss-reactive ketones (excluding diaryl/α,β-unsaturated/α-hetero) is 1. The summed E-state index contributed by atoms with van der Waals surface area (Å²) < 4.78 is 26.1. The quantitative estimate of drug-likeness (QED) is 0.755. The van der Waals surface area contributed by atoms with Gasteiger partial charge in [0.25, 0.3) is 0 Å². The Morgan fingerprint density at radius 1 is 1.24 bits per heavy atom. The Hall–Kier alpha value is -1.83. The second kappa shape index (κ2) is 5.00. The summed E-state index contributed by atoms with van der Waals surface area (Å²) in [6.07, 6.45) is 1.25. The predicted molar refractivity (Wildman–Crippen MR) is 69.5 cm³/mol. The van der Waals surface area contributed by atoms with E-state index in [0.29, 0.717) is 12.2 Å². The molecule has 2 aromatic rings. The first kappa shape index (κ1) is 8.29. The van der Waals surface area contributed by atoms with Gasteiger partial charge in [0.2, 0.25) is 0 Å². The maximum atomic E-state index is 11.0. The van der Waals surface area contributed by atoms with Crippen LogP contribution >= 0.6 is 0 Å². The molecule has 2 rings (SSSR count). The fraction of sp³-hybridized carbons (Fsp3) is 0.267. The van der Waals surface area contributed by atoms with Gasteiger partial charge in [-0.15, -0.1) is 0 Å². The van der Waals surface area contributed by atoms with E-state index in [1.54, 1.807) is 19.1 Å². The molecule has 0 saturated heterocycles. The van der Waals surface area contributed by atoms with Crippen molar-refractivity contribution in [3.05, 3.63) is 42.0 Å². The van der Waals surface area contributed by atoms with Crippen molar-refractivity contribution in [3.63, 3.8) is 0 Å².